The van der Waals surface area contributed by atoms with E-state index < -0.39 is 12.3 Å². The summed E-state index contributed by atoms with van der Waals surface area (Å²) >= 11 is 3.24. The molecule has 0 radical (unpaired) electrons. The largest absolute Gasteiger partial charge is 0.480 e. The van der Waals surface area contributed by atoms with Crippen LogP contribution in [0.5, 0.6) is 11.6 Å². The van der Waals surface area contributed by atoms with Crippen LogP contribution in [0.1, 0.15) is 12.0 Å². The molecule has 1 saturated heterocycles. The van der Waals surface area contributed by atoms with Gasteiger partial charge in [-0.05, 0) is 29.4 Å². The van der Waals surface area contributed by atoms with Gasteiger partial charge in [-0.2, -0.15) is 5.26 Å². The van der Waals surface area contributed by atoms with Crippen LogP contribution in [0.25, 0.3) is 0 Å². The molecule has 0 aliphatic carbocycles. The van der Waals surface area contributed by atoms with Gasteiger partial charge in [-0.3, -0.25) is 0 Å². The quantitative estimate of drug-likeness (QED) is 0.841. The number of halogens is 2. The third kappa shape index (κ3) is 3.02. The molecule has 1 aliphatic heterocycles. The number of aromatic nitrogens is 1. The van der Waals surface area contributed by atoms with Crippen molar-refractivity contribution in [3.63, 3.8) is 0 Å². The van der Waals surface area contributed by atoms with Crippen molar-refractivity contribution in [2.75, 3.05) is 27.2 Å². The van der Waals surface area contributed by atoms with Gasteiger partial charge in [-0.15, -0.1) is 0 Å². The Morgan fingerprint density at radius 3 is 2.95 bits per heavy atom. The molecule has 1 aliphatic rings. The molecule has 0 spiro atoms. The Bertz CT molecular complexity index is 535. The van der Waals surface area contributed by atoms with E-state index in [1.165, 1.54) is 13.3 Å². The van der Waals surface area contributed by atoms with Crippen molar-refractivity contribution in [3.8, 4) is 17.7 Å². The van der Waals surface area contributed by atoms with Gasteiger partial charge in [0.1, 0.15) is 23.9 Å². The molecule has 0 amide bonds. The molecular formula is C13H15BrFN3O2. The van der Waals surface area contributed by atoms with Gasteiger partial charge in [-0.1, -0.05) is 0 Å². The highest BCUT2D eigenvalue weighted by atomic mass is 79.9. The average Bonchev–Trinajstić information content (AvgIpc) is 2.42. The molecule has 0 N–H and O–H groups in total. The zero-order valence-electron chi connectivity index (χ0n) is 11.3. The average molecular weight is 344 g/mol. The van der Waals surface area contributed by atoms with Crippen molar-refractivity contribution in [1.29, 1.82) is 5.26 Å². The number of nitriles is 1. The lowest BCUT2D eigenvalue weighted by molar-refractivity contribution is 0.0292. The summed E-state index contributed by atoms with van der Waals surface area (Å²) in [6.45, 7) is 1.06. The highest BCUT2D eigenvalue weighted by Crippen LogP contribution is 2.35. The Hall–Kier alpha value is -1.39. The van der Waals surface area contributed by atoms with E-state index in [1.807, 2.05) is 18.0 Å². The molecule has 0 bridgehead atoms. The van der Waals surface area contributed by atoms with Crippen LogP contribution in [0.2, 0.25) is 0 Å². The molecule has 2 heterocycles. The fourth-order valence-electron chi connectivity index (χ4n) is 2.13. The van der Waals surface area contributed by atoms with E-state index >= 15 is 0 Å². The first-order chi connectivity index (χ1) is 9.56. The molecular weight excluding hydrogens is 329 g/mol. The van der Waals surface area contributed by atoms with Gasteiger partial charge in [0, 0.05) is 19.3 Å². The van der Waals surface area contributed by atoms with Gasteiger partial charge < -0.3 is 14.4 Å². The summed E-state index contributed by atoms with van der Waals surface area (Å²) in [7, 11) is 3.30. The third-order valence-electron chi connectivity index (χ3n) is 3.21. The summed E-state index contributed by atoms with van der Waals surface area (Å²) in [4.78, 5) is 5.94. The summed E-state index contributed by atoms with van der Waals surface area (Å²) in [6.07, 6.45) is 0.316. The number of ether oxygens (including phenoxy) is 2. The monoisotopic (exact) mass is 343 g/mol. The molecule has 0 saturated carbocycles. The molecule has 0 aromatic carbocycles. The van der Waals surface area contributed by atoms with Crippen LogP contribution in [0, 0.1) is 11.3 Å². The smallest absolute Gasteiger partial charge is 0.258 e. The van der Waals surface area contributed by atoms with Crippen LogP contribution in [-0.2, 0) is 0 Å². The van der Waals surface area contributed by atoms with E-state index in [0.29, 0.717) is 17.4 Å². The maximum Gasteiger partial charge on any atom is 0.258 e. The molecule has 2 atom stereocenters. The van der Waals surface area contributed by atoms with Crippen molar-refractivity contribution >= 4 is 15.9 Å². The predicted octanol–water partition coefficient (Wildman–Crippen LogP) is 2.15. The van der Waals surface area contributed by atoms with E-state index in [2.05, 4.69) is 20.9 Å². The summed E-state index contributed by atoms with van der Waals surface area (Å²) < 4.78 is 25.3. The first kappa shape index (κ1) is 15.0. The van der Waals surface area contributed by atoms with Crippen LogP contribution in [0.3, 0.4) is 0 Å². The molecule has 7 heteroatoms. The van der Waals surface area contributed by atoms with E-state index in [-0.39, 0.29) is 17.2 Å². The lowest BCUT2D eigenvalue weighted by atomic mass is 10.1. The topological polar surface area (TPSA) is 58.4 Å². The maximum absolute atomic E-state index is 14.0. The Morgan fingerprint density at radius 1 is 1.60 bits per heavy atom. The van der Waals surface area contributed by atoms with Crippen molar-refractivity contribution in [3.05, 3.63) is 16.2 Å². The minimum atomic E-state index is -1.11. The normalized spacial score (nSPS) is 23.1. The Balaban J connectivity index is 2.28. The minimum absolute atomic E-state index is 0.191. The standard InChI is InChI=1S/C13H15BrFN3O2/c1-18-4-3-11(10(15)7-18)20-12-8(5-16)9(14)6-17-13(12)19-2/h6,10-11H,3-4,7H2,1-2H3/t10-,11+/m1/s1. The van der Waals surface area contributed by atoms with Gasteiger partial charge >= 0.3 is 0 Å². The number of nitrogens with zero attached hydrogens (tertiary/aromatic N) is 3. The van der Waals surface area contributed by atoms with E-state index in [4.69, 9.17) is 9.47 Å². The summed E-state index contributed by atoms with van der Waals surface area (Å²) in [5, 5.41) is 9.21. The Labute approximate surface area is 125 Å². The summed E-state index contributed by atoms with van der Waals surface area (Å²) in [6, 6.07) is 2.03. The number of piperidine rings is 1. The molecule has 20 heavy (non-hydrogen) atoms. The van der Waals surface area contributed by atoms with E-state index in [9.17, 15) is 9.65 Å². The first-order valence-electron chi connectivity index (χ1n) is 6.18. The fourth-order valence-corrected chi connectivity index (χ4v) is 2.50. The summed E-state index contributed by atoms with van der Waals surface area (Å²) in [5.74, 6) is 0.387. The van der Waals surface area contributed by atoms with Crippen LogP contribution in [-0.4, -0.2) is 49.4 Å². The van der Waals surface area contributed by atoms with Crippen molar-refractivity contribution in [1.82, 2.24) is 9.88 Å². The number of methoxy groups -OCH3 is 1. The zero-order chi connectivity index (χ0) is 14.7. The lowest BCUT2D eigenvalue weighted by Crippen LogP contribution is -2.45. The Kier molecular flexibility index (Phi) is 4.78. The molecule has 1 fully saturated rings. The van der Waals surface area contributed by atoms with E-state index in [1.54, 1.807) is 0 Å². The minimum Gasteiger partial charge on any atom is -0.480 e. The van der Waals surface area contributed by atoms with Gasteiger partial charge in [0.05, 0.1) is 11.6 Å². The van der Waals surface area contributed by atoms with Crippen LogP contribution < -0.4 is 9.47 Å². The second-order valence-electron chi connectivity index (χ2n) is 4.65. The number of alkyl halides is 1. The number of likely N-dealkylation sites (tertiary alicyclic amines) is 1. The highest BCUT2D eigenvalue weighted by Gasteiger charge is 2.31. The van der Waals surface area contributed by atoms with Gasteiger partial charge in [-0.25, -0.2) is 9.37 Å². The number of pyridine rings is 1. The number of hydrogen-bond donors (Lipinski definition) is 0. The molecule has 1 aromatic heterocycles. The van der Waals surface area contributed by atoms with Gasteiger partial charge in [0.15, 0.2) is 0 Å². The van der Waals surface area contributed by atoms with Crippen LogP contribution in [0.15, 0.2) is 10.7 Å². The third-order valence-corrected chi connectivity index (χ3v) is 3.82. The predicted molar refractivity (Wildman–Crippen MR) is 74.6 cm³/mol. The van der Waals surface area contributed by atoms with Crippen LogP contribution >= 0.6 is 15.9 Å². The van der Waals surface area contributed by atoms with Crippen molar-refractivity contribution in [2.45, 2.75) is 18.7 Å². The zero-order valence-corrected chi connectivity index (χ0v) is 12.9. The highest BCUT2D eigenvalue weighted by molar-refractivity contribution is 9.10. The van der Waals surface area contributed by atoms with E-state index in [0.717, 1.165) is 6.54 Å². The van der Waals surface area contributed by atoms with Crippen LogP contribution in [0.4, 0.5) is 4.39 Å². The second kappa shape index (κ2) is 6.37. The summed E-state index contributed by atoms with van der Waals surface area (Å²) in [5.41, 5.74) is 0.267. The second-order valence-corrected chi connectivity index (χ2v) is 5.51. The van der Waals surface area contributed by atoms with Gasteiger partial charge in [0.25, 0.3) is 5.88 Å². The maximum atomic E-state index is 14.0. The molecule has 0 unspecified atom stereocenters. The van der Waals surface area contributed by atoms with Crippen molar-refractivity contribution in [2.24, 2.45) is 0 Å². The SMILES string of the molecule is COc1ncc(Br)c(C#N)c1O[C@H]1CCN(C)C[C@H]1F. The number of rotatable bonds is 3. The van der Waals surface area contributed by atoms with Crippen molar-refractivity contribution < 1.29 is 13.9 Å². The first-order valence-corrected chi connectivity index (χ1v) is 6.98. The molecule has 2 rings (SSSR count). The Morgan fingerprint density at radius 2 is 2.35 bits per heavy atom. The fraction of sp³-hybridized carbons (Fsp3) is 0.538. The molecule has 1 aromatic rings. The molecule has 108 valence electrons. The molecule has 5 nitrogen and oxygen atoms in total. The van der Waals surface area contributed by atoms with Gasteiger partial charge in [0.2, 0.25) is 5.75 Å². The lowest BCUT2D eigenvalue weighted by Gasteiger charge is -2.32. The number of hydrogen-bond acceptors (Lipinski definition) is 5.